The molecule has 170 valence electrons. The molecule has 0 saturated heterocycles. The normalized spacial score (nSPS) is 11.6. The predicted molar refractivity (Wildman–Crippen MR) is 150 cm³/mol. The quantitative estimate of drug-likeness (QED) is 0.282. The highest BCUT2D eigenvalue weighted by molar-refractivity contribution is 6.10. The molecule has 36 heavy (non-hydrogen) atoms. The average molecular weight is 462 g/mol. The fraction of sp³-hybridized carbons (Fsp3) is 0. The first-order chi connectivity index (χ1) is 17.8. The molecule has 1 heterocycles. The average Bonchev–Trinajstić information content (AvgIpc) is 2.95. The summed E-state index contributed by atoms with van der Waals surface area (Å²) in [6.45, 7) is 0. The highest BCUT2D eigenvalue weighted by atomic mass is 16.5. The molecule has 0 unspecified atom stereocenters. The van der Waals surface area contributed by atoms with Crippen molar-refractivity contribution in [3.63, 3.8) is 0 Å². The molecule has 0 atom stereocenters. The second kappa shape index (κ2) is 8.44. The van der Waals surface area contributed by atoms with Crippen LogP contribution in [0.15, 0.2) is 133 Å². The van der Waals surface area contributed by atoms with Crippen LogP contribution in [0.2, 0.25) is 0 Å². The fourth-order valence-electron chi connectivity index (χ4n) is 5.11. The minimum absolute atomic E-state index is 0.914. The summed E-state index contributed by atoms with van der Waals surface area (Å²) in [5.74, 6) is 1.83. The van der Waals surface area contributed by atoms with Crippen LogP contribution in [-0.4, -0.2) is 0 Å². The van der Waals surface area contributed by atoms with Crippen molar-refractivity contribution in [1.82, 2.24) is 0 Å². The van der Waals surface area contributed by atoms with Gasteiger partial charge in [-0.1, -0.05) is 97.1 Å². The third kappa shape index (κ3) is 3.52. The zero-order valence-corrected chi connectivity index (χ0v) is 19.6. The molecule has 2 nitrogen and oxygen atoms in total. The van der Waals surface area contributed by atoms with Crippen molar-refractivity contribution < 1.29 is 4.74 Å². The number of nitrogens with one attached hydrogen (secondary N) is 1. The first-order valence-corrected chi connectivity index (χ1v) is 12.2. The van der Waals surface area contributed by atoms with E-state index in [0.29, 0.717) is 0 Å². The van der Waals surface area contributed by atoms with Crippen LogP contribution in [-0.2, 0) is 0 Å². The van der Waals surface area contributed by atoms with E-state index in [-0.39, 0.29) is 0 Å². The van der Waals surface area contributed by atoms with Gasteiger partial charge in [0.2, 0.25) is 0 Å². The Hall–Kier alpha value is -4.82. The largest absolute Gasteiger partial charge is 0.456 e. The number of benzene rings is 6. The summed E-state index contributed by atoms with van der Waals surface area (Å²) in [4.78, 5) is 0. The van der Waals surface area contributed by atoms with Crippen molar-refractivity contribution >= 4 is 22.1 Å². The molecule has 2 heteroatoms. The summed E-state index contributed by atoms with van der Waals surface area (Å²) >= 11 is 0. The molecule has 0 aliphatic carbocycles. The number of fused-ring (bicyclic) bond motifs is 2. The van der Waals surface area contributed by atoms with Gasteiger partial charge in [-0.25, -0.2) is 0 Å². The van der Waals surface area contributed by atoms with E-state index in [0.717, 1.165) is 28.4 Å². The molecule has 0 amide bonds. The number of ether oxygens (including phenoxy) is 1. The van der Waals surface area contributed by atoms with Crippen molar-refractivity contribution in [3.8, 4) is 44.9 Å². The van der Waals surface area contributed by atoms with Gasteiger partial charge in [0.25, 0.3) is 0 Å². The van der Waals surface area contributed by atoms with Crippen molar-refractivity contribution in [2.24, 2.45) is 0 Å². The number of anilines is 2. The molecular formula is C34H23NO. The maximum absolute atomic E-state index is 6.25. The van der Waals surface area contributed by atoms with Gasteiger partial charge < -0.3 is 10.1 Å². The minimum Gasteiger partial charge on any atom is -0.456 e. The number of rotatable bonds is 4. The van der Waals surface area contributed by atoms with E-state index in [1.807, 2.05) is 18.2 Å². The summed E-state index contributed by atoms with van der Waals surface area (Å²) < 4.78 is 6.25. The molecule has 0 spiro atoms. The van der Waals surface area contributed by atoms with Crippen LogP contribution in [0, 0.1) is 0 Å². The van der Waals surface area contributed by atoms with Gasteiger partial charge >= 0.3 is 0 Å². The lowest BCUT2D eigenvalue weighted by atomic mass is 9.90. The predicted octanol–water partition coefficient (Wildman–Crippen LogP) is 9.69. The van der Waals surface area contributed by atoms with Crippen LogP contribution in [0.1, 0.15) is 0 Å². The zero-order chi connectivity index (χ0) is 23.9. The van der Waals surface area contributed by atoms with E-state index in [4.69, 9.17) is 4.74 Å². The van der Waals surface area contributed by atoms with Crippen LogP contribution < -0.4 is 10.1 Å². The molecular weight excluding hydrogens is 438 g/mol. The SMILES string of the molecule is c1ccc(-c2ccc(Nc3ccc(-c4ccc5c6c(cccc46)Oc4ccccc4-5)cc3)cc2)cc1. The van der Waals surface area contributed by atoms with Crippen molar-refractivity contribution in [1.29, 1.82) is 0 Å². The molecule has 0 saturated carbocycles. The molecule has 1 N–H and O–H groups in total. The molecule has 0 radical (unpaired) electrons. The topological polar surface area (TPSA) is 21.3 Å². The van der Waals surface area contributed by atoms with Gasteiger partial charge in [-0.05, 0) is 69.6 Å². The monoisotopic (exact) mass is 461 g/mol. The Kier molecular flexibility index (Phi) is 4.82. The minimum atomic E-state index is 0.914. The number of hydrogen-bond donors (Lipinski definition) is 1. The van der Waals surface area contributed by atoms with Crippen LogP contribution in [0.3, 0.4) is 0 Å². The summed E-state index contributed by atoms with van der Waals surface area (Å²) in [7, 11) is 0. The van der Waals surface area contributed by atoms with Gasteiger partial charge in [0.05, 0.1) is 0 Å². The van der Waals surface area contributed by atoms with E-state index >= 15 is 0 Å². The lowest BCUT2D eigenvalue weighted by Gasteiger charge is -2.22. The van der Waals surface area contributed by atoms with Crippen LogP contribution in [0.5, 0.6) is 11.5 Å². The lowest BCUT2D eigenvalue weighted by molar-refractivity contribution is 0.487. The molecule has 0 bridgehead atoms. The van der Waals surface area contributed by atoms with E-state index in [9.17, 15) is 0 Å². The number of para-hydroxylation sites is 1. The van der Waals surface area contributed by atoms with Crippen molar-refractivity contribution in [2.45, 2.75) is 0 Å². The summed E-state index contributed by atoms with van der Waals surface area (Å²) in [6.07, 6.45) is 0. The summed E-state index contributed by atoms with van der Waals surface area (Å²) in [5.41, 5.74) is 9.33. The van der Waals surface area contributed by atoms with E-state index < -0.39 is 0 Å². The highest BCUT2D eigenvalue weighted by Gasteiger charge is 2.21. The third-order valence-corrected chi connectivity index (χ3v) is 6.88. The van der Waals surface area contributed by atoms with Gasteiger partial charge in [0.1, 0.15) is 11.5 Å². The zero-order valence-electron chi connectivity index (χ0n) is 19.6. The Labute approximate surface area is 210 Å². The fourth-order valence-corrected chi connectivity index (χ4v) is 5.11. The van der Waals surface area contributed by atoms with Crippen molar-refractivity contribution in [3.05, 3.63) is 133 Å². The Morgan fingerprint density at radius 2 is 1.00 bits per heavy atom. The third-order valence-electron chi connectivity index (χ3n) is 6.88. The van der Waals surface area contributed by atoms with Gasteiger partial charge in [-0.3, -0.25) is 0 Å². The molecule has 1 aliphatic rings. The Bertz CT molecular complexity index is 1700. The molecule has 7 rings (SSSR count). The number of hydrogen-bond acceptors (Lipinski definition) is 2. The van der Waals surface area contributed by atoms with Gasteiger partial charge in [-0.2, -0.15) is 0 Å². The smallest absolute Gasteiger partial charge is 0.135 e. The van der Waals surface area contributed by atoms with Gasteiger partial charge in [0.15, 0.2) is 0 Å². The van der Waals surface area contributed by atoms with Crippen LogP contribution in [0.4, 0.5) is 11.4 Å². The molecule has 6 aromatic carbocycles. The Morgan fingerprint density at radius 1 is 0.389 bits per heavy atom. The van der Waals surface area contributed by atoms with Gasteiger partial charge in [0, 0.05) is 22.3 Å². The molecule has 6 aromatic rings. The van der Waals surface area contributed by atoms with Crippen LogP contribution >= 0.6 is 0 Å². The Balaban J connectivity index is 1.19. The first-order valence-electron chi connectivity index (χ1n) is 12.2. The summed E-state index contributed by atoms with van der Waals surface area (Å²) in [6, 6.07) is 46.7. The molecule has 1 aliphatic heterocycles. The van der Waals surface area contributed by atoms with E-state index in [1.54, 1.807) is 0 Å². The maximum atomic E-state index is 6.25. The van der Waals surface area contributed by atoms with E-state index in [1.165, 1.54) is 38.6 Å². The van der Waals surface area contributed by atoms with Crippen molar-refractivity contribution in [2.75, 3.05) is 5.32 Å². The lowest BCUT2D eigenvalue weighted by Crippen LogP contribution is -1.97. The summed E-state index contributed by atoms with van der Waals surface area (Å²) in [5, 5.41) is 5.91. The second-order valence-electron chi connectivity index (χ2n) is 9.08. The molecule has 0 fully saturated rings. The van der Waals surface area contributed by atoms with Gasteiger partial charge in [-0.15, -0.1) is 0 Å². The highest BCUT2D eigenvalue weighted by Crippen LogP contribution is 2.48. The maximum Gasteiger partial charge on any atom is 0.135 e. The standard InChI is InChI=1S/C34H23NO/c1-2-7-23(8-3-1)24-13-17-26(18-14-24)35-27-19-15-25(16-20-27)28-21-22-31-29-9-4-5-11-32(29)36-33-12-6-10-30(28)34(31)33/h1-22,35H. The van der Waals surface area contributed by atoms with E-state index in [2.05, 4.69) is 121 Å². The Morgan fingerprint density at radius 3 is 1.78 bits per heavy atom. The second-order valence-corrected chi connectivity index (χ2v) is 9.08. The molecule has 0 aromatic heterocycles. The van der Waals surface area contributed by atoms with Crippen LogP contribution in [0.25, 0.3) is 44.2 Å². The first kappa shape index (κ1) is 20.5.